The maximum atomic E-state index is 12.7. The monoisotopic (exact) mass is 365 g/mol. The van der Waals surface area contributed by atoms with Crippen molar-refractivity contribution in [3.8, 4) is 0 Å². The van der Waals surface area contributed by atoms with Crippen LogP contribution in [-0.4, -0.2) is 30.3 Å². The van der Waals surface area contributed by atoms with E-state index in [1.807, 2.05) is 36.4 Å². The summed E-state index contributed by atoms with van der Waals surface area (Å²) in [6.45, 7) is 1.96. The van der Waals surface area contributed by atoms with Gasteiger partial charge in [-0.2, -0.15) is 0 Å². The van der Waals surface area contributed by atoms with Crippen LogP contribution in [0.1, 0.15) is 41.6 Å². The van der Waals surface area contributed by atoms with Gasteiger partial charge < -0.3 is 10.1 Å². The van der Waals surface area contributed by atoms with Gasteiger partial charge in [0.25, 0.3) is 5.91 Å². The predicted octanol–water partition coefficient (Wildman–Crippen LogP) is 3.11. The summed E-state index contributed by atoms with van der Waals surface area (Å²) in [7, 11) is 0. The summed E-state index contributed by atoms with van der Waals surface area (Å²) in [6, 6.07) is 17.6. The number of carbonyl (C=O) groups is 3. The second-order valence-electron chi connectivity index (χ2n) is 6.62. The molecule has 3 rings (SSSR count). The van der Waals surface area contributed by atoms with Crippen LogP contribution in [0.25, 0.3) is 0 Å². The van der Waals surface area contributed by atoms with E-state index in [9.17, 15) is 14.4 Å². The average Bonchev–Trinajstić information content (AvgIpc) is 2.70. The molecule has 1 amide bonds. The third-order valence-electron chi connectivity index (χ3n) is 4.91. The first kappa shape index (κ1) is 18.8. The van der Waals surface area contributed by atoms with Crippen LogP contribution in [0.2, 0.25) is 0 Å². The number of ketones is 1. The number of carbonyl (C=O) groups excluding carboxylic acids is 3. The molecule has 5 nitrogen and oxygen atoms in total. The molecule has 3 atom stereocenters. The smallest absolute Gasteiger partial charge is 0.312 e. The SMILES string of the molecule is CCOC(=O)[C@H]1C(NC(=O)c2ccccc2)CCC(=O)[C@@H]1c1ccccc1. The second kappa shape index (κ2) is 8.62. The van der Waals surface area contributed by atoms with E-state index in [0.29, 0.717) is 18.4 Å². The number of hydrogen-bond acceptors (Lipinski definition) is 4. The van der Waals surface area contributed by atoms with E-state index in [0.717, 1.165) is 5.56 Å². The lowest BCUT2D eigenvalue weighted by molar-refractivity contribution is -0.153. The van der Waals surface area contributed by atoms with E-state index in [2.05, 4.69) is 5.32 Å². The minimum atomic E-state index is -0.735. The predicted molar refractivity (Wildman–Crippen MR) is 101 cm³/mol. The van der Waals surface area contributed by atoms with Crippen LogP contribution in [0.3, 0.4) is 0 Å². The van der Waals surface area contributed by atoms with Gasteiger partial charge in [0.15, 0.2) is 0 Å². The summed E-state index contributed by atoms with van der Waals surface area (Å²) in [5, 5.41) is 2.95. The van der Waals surface area contributed by atoms with E-state index >= 15 is 0 Å². The van der Waals surface area contributed by atoms with Crippen molar-refractivity contribution in [2.75, 3.05) is 6.61 Å². The van der Waals surface area contributed by atoms with E-state index in [1.165, 1.54) is 0 Å². The standard InChI is InChI=1S/C22H23NO4/c1-2-27-22(26)20-17(23-21(25)16-11-7-4-8-12-16)13-14-18(24)19(20)15-9-5-3-6-10-15/h3-12,17,19-20H,2,13-14H2,1H3,(H,23,25)/t17?,19-,20-/m0/s1. The van der Waals surface area contributed by atoms with E-state index < -0.39 is 23.8 Å². The Morgan fingerprint density at radius 3 is 2.30 bits per heavy atom. The van der Waals surface area contributed by atoms with Crippen molar-refractivity contribution < 1.29 is 19.1 Å². The zero-order valence-electron chi connectivity index (χ0n) is 15.3. The molecule has 0 spiro atoms. The largest absolute Gasteiger partial charge is 0.466 e. The maximum absolute atomic E-state index is 12.7. The number of nitrogens with one attached hydrogen (secondary N) is 1. The highest BCUT2D eigenvalue weighted by molar-refractivity contribution is 5.96. The molecule has 2 aromatic rings. The number of esters is 1. The molecular weight excluding hydrogens is 342 g/mol. The summed E-state index contributed by atoms with van der Waals surface area (Å²) in [6.07, 6.45) is 0.736. The van der Waals surface area contributed by atoms with Crippen molar-refractivity contribution in [2.24, 2.45) is 5.92 Å². The molecule has 2 aromatic carbocycles. The summed E-state index contributed by atoms with van der Waals surface area (Å²) < 4.78 is 5.26. The second-order valence-corrected chi connectivity index (χ2v) is 6.62. The lowest BCUT2D eigenvalue weighted by atomic mass is 9.71. The van der Waals surface area contributed by atoms with Gasteiger partial charge >= 0.3 is 5.97 Å². The Morgan fingerprint density at radius 1 is 1.04 bits per heavy atom. The summed E-state index contributed by atoms with van der Waals surface area (Å²) in [5.41, 5.74) is 1.30. The Balaban J connectivity index is 1.90. The lowest BCUT2D eigenvalue weighted by Gasteiger charge is -2.36. The Morgan fingerprint density at radius 2 is 1.67 bits per heavy atom. The van der Waals surface area contributed by atoms with Gasteiger partial charge in [-0.1, -0.05) is 48.5 Å². The molecule has 1 aliphatic carbocycles. The molecular formula is C22H23NO4. The molecule has 0 bridgehead atoms. The van der Waals surface area contributed by atoms with E-state index in [1.54, 1.807) is 31.2 Å². The van der Waals surface area contributed by atoms with Crippen molar-refractivity contribution >= 4 is 17.7 Å². The number of rotatable bonds is 5. The van der Waals surface area contributed by atoms with Crippen molar-refractivity contribution in [1.82, 2.24) is 5.32 Å². The highest BCUT2D eigenvalue weighted by Gasteiger charge is 2.45. The molecule has 5 heteroatoms. The fourth-order valence-electron chi connectivity index (χ4n) is 3.66. The van der Waals surface area contributed by atoms with Crippen LogP contribution in [0.15, 0.2) is 60.7 Å². The fourth-order valence-corrected chi connectivity index (χ4v) is 3.66. The van der Waals surface area contributed by atoms with Crippen LogP contribution >= 0.6 is 0 Å². The highest BCUT2D eigenvalue weighted by Crippen LogP contribution is 2.36. The normalized spacial score (nSPS) is 22.1. The maximum Gasteiger partial charge on any atom is 0.312 e. The topological polar surface area (TPSA) is 72.5 Å². The van der Waals surface area contributed by atoms with Crippen LogP contribution in [0, 0.1) is 5.92 Å². The quantitative estimate of drug-likeness (QED) is 0.827. The molecule has 0 saturated heterocycles. The molecule has 1 unspecified atom stereocenters. The highest BCUT2D eigenvalue weighted by atomic mass is 16.5. The molecule has 140 valence electrons. The Labute approximate surface area is 158 Å². The van der Waals surface area contributed by atoms with Crippen LogP contribution < -0.4 is 5.32 Å². The molecule has 27 heavy (non-hydrogen) atoms. The Bertz CT molecular complexity index is 804. The van der Waals surface area contributed by atoms with Gasteiger partial charge in [0, 0.05) is 18.0 Å². The van der Waals surface area contributed by atoms with Crippen LogP contribution in [0.5, 0.6) is 0 Å². The zero-order valence-corrected chi connectivity index (χ0v) is 15.3. The first-order valence-electron chi connectivity index (χ1n) is 9.22. The van der Waals surface area contributed by atoms with Gasteiger partial charge in [-0.25, -0.2) is 0 Å². The van der Waals surface area contributed by atoms with Crippen LogP contribution in [0.4, 0.5) is 0 Å². The summed E-state index contributed by atoms with van der Waals surface area (Å²) in [4.78, 5) is 38.0. The molecule has 1 saturated carbocycles. The fraction of sp³-hybridized carbons (Fsp3) is 0.318. The van der Waals surface area contributed by atoms with Crippen molar-refractivity contribution in [3.63, 3.8) is 0 Å². The first-order valence-corrected chi connectivity index (χ1v) is 9.22. The Hall–Kier alpha value is -2.95. The number of benzene rings is 2. The number of amides is 1. The van der Waals surface area contributed by atoms with Gasteiger partial charge in [-0.05, 0) is 31.0 Å². The van der Waals surface area contributed by atoms with Gasteiger partial charge in [0.05, 0.1) is 18.4 Å². The average molecular weight is 365 g/mol. The van der Waals surface area contributed by atoms with E-state index in [4.69, 9.17) is 4.74 Å². The van der Waals surface area contributed by atoms with Gasteiger partial charge in [-0.3, -0.25) is 14.4 Å². The zero-order chi connectivity index (χ0) is 19.2. The van der Waals surface area contributed by atoms with Crippen molar-refractivity contribution in [3.05, 3.63) is 71.8 Å². The van der Waals surface area contributed by atoms with E-state index in [-0.39, 0.29) is 18.3 Å². The number of ether oxygens (including phenoxy) is 1. The lowest BCUT2D eigenvalue weighted by Crippen LogP contribution is -2.51. The third kappa shape index (κ3) is 4.25. The summed E-state index contributed by atoms with van der Waals surface area (Å²) in [5.74, 6) is -2.04. The van der Waals surface area contributed by atoms with Crippen molar-refractivity contribution in [2.45, 2.75) is 31.7 Å². The molecule has 1 N–H and O–H groups in total. The molecule has 0 aromatic heterocycles. The molecule has 0 heterocycles. The number of Topliss-reactive ketones (excluding diaryl/α,β-unsaturated/α-hetero) is 1. The minimum Gasteiger partial charge on any atom is -0.466 e. The minimum absolute atomic E-state index is 0.00413. The third-order valence-corrected chi connectivity index (χ3v) is 4.91. The van der Waals surface area contributed by atoms with Gasteiger partial charge in [0.2, 0.25) is 0 Å². The first-order chi connectivity index (χ1) is 13.1. The molecule has 0 aliphatic heterocycles. The molecule has 0 radical (unpaired) electrons. The van der Waals surface area contributed by atoms with Gasteiger partial charge in [-0.15, -0.1) is 0 Å². The summed E-state index contributed by atoms with van der Waals surface area (Å²) >= 11 is 0. The van der Waals surface area contributed by atoms with Crippen molar-refractivity contribution in [1.29, 1.82) is 0 Å². The van der Waals surface area contributed by atoms with Crippen LogP contribution in [-0.2, 0) is 14.3 Å². The molecule has 1 fully saturated rings. The number of hydrogen-bond donors (Lipinski definition) is 1. The Kier molecular flexibility index (Phi) is 6.01. The molecule has 1 aliphatic rings. The van der Waals surface area contributed by atoms with Gasteiger partial charge in [0.1, 0.15) is 5.78 Å².